The summed E-state index contributed by atoms with van der Waals surface area (Å²) in [6.45, 7) is 3.58. The number of fused-ring (bicyclic) bond motifs is 2. The fraction of sp³-hybridized carbons (Fsp3) is 0.250. The Morgan fingerprint density at radius 1 is 1.03 bits per heavy atom. The van der Waals surface area contributed by atoms with Gasteiger partial charge in [0.1, 0.15) is 11.2 Å². The number of hydrogen-bond donors (Lipinski definition) is 1. The van der Waals surface area contributed by atoms with Gasteiger partial charge in [0.2, 0.25) is 0 Å². The van der Waals surface area contributed by atoms with Crippen LogP contribution in [-0.4, -0.2) is 18.5 Å². The molecule has 2 N–H and O–H groups in total. The van der Waals surface area contributed by atoms with Gasteiger partial charge < -0.3 is 19.5 Å². The molecule has 6 nitrogen and oxygen atoms in total. The van der Waals surface area contributed by atoms with E-state index >= 15 is 0 Å². The number of rotatable bonds is 6. The minimum absolute atomic E-state index is 0.304. The van der Waals surface area contributed by atoms with E-state index in [1.54, 1.807) is 24.3 Å². The maximum absolute atomic E-state index is 12.8. The number of halogens is 1. The lowest BCUT2D eigenvalue weighted by atomic mass is 9.99. The SMILES string of the molecule is CCCCN(C)Cc1c(N)ccc2c(-c3cc4cc(Br)ccc4oc3=O)cc(=O)oc12. The van der Waals surface area contributed by atoms with Gasteiger partial charge in [-0.15, -0.1) is 0 Å². The van der Waals surface area contributed by atoms with Crippen LogP contribution in [0.3, 0.4) is 0 Å². The van der Waals surface area contributed by atoms with Crippen molar-refractivity contribution >= 4 is 43.6 Å². The van der Waals surface area contributed by atoms with Gasteiger partial charge in [-0.25, -0.2) is 9.59 Å². The van der Waals surface area contributed by atoms with Crippen LogP contribution >= 0.6 is 15.9 Å². The van der Waals surface area contributed by atoms with Crippen molar-refractivity contribution < 1.29 is 8.83 Å². The maximum atomic E-state index is 12.8. The molecule has 0 spiro atoms. The van der Waals surface area contributed by atoms with Crippen molar-refractivity contribution in [1.29, 1.82) is 0 Å². The topological polar surface area (TPSA) is 89.7 Å². The number of hydrogen-bond acceptors (Lipinski definition) is 6. The molecule has 0 aliphatic carbocycles. The largest absolute Gasteiger partial charge is 0.422 e. The third-order valence-corrected chi connectivity index (χ3v) is 5.85. The Morgan fingerprint density at radius 2 is 1.84 bits per heavy atom. The highest BCUT2D eigenvalue weighted by Crippen LogP contribution is 2.32. The summed E-state index contributed by atoms with van der Waals surface area (Å²) in [5.74, 6) is 0. The first-order valence-electron chi connectivity index (χ1n) is 10.1. The van der Waals surface area contributed by atoms with Gasteiger partial charge in [-0.2, -0.15) is 0 Å². The molecule has 0 atom stereocenters. The summed E-state index contributed by atoms with van der Waals surface area (Å²) in [6, 6.07) is 12.0. The Bertz CT molecular complexity index is 1390. The van der Waals surface area contributed by atoms with Crippen LogP contribution in [0.4, 0.5) is 5.69 Å². The minimum atomic E-state index is -0.542. The van der Waals surface area contributed by atoms with Gasteiger partial charge >= 0.3 is 11.3 Å². The Hall–Kier alpha value is -2.90. The van der Waals surface area contributed by atoms with Crippen molar-refractivity contribution in [3.8, 4) is 11.1 Å². The van der Waals surface area contributed by atoms with Gasteiger partial charge in [0, 0.05) is 44.7 Å². The van der Waals surface area contributed by atoms with Gasteiger partial charge in [-0.1, -0.05) is 29.3 Å². The molecule has 2 aromatic carbocycles. The maximum Gasteiger partial charge on any atom is 0.344 e. The summed E-state index contributed by atoms with van der Waals surface area (Å²) in [5.41, 5.74) is 8.14. The van der Waals surface area contributed by atoms with Crippen LogP contribution < -0.4 is 17.0 Å². The molecule has 0 radical (unpaired) electrons. The lowest BCUT2D eigenvalue weighted by Crippen LogP contribution is -2.20. The van der Waals surface area contributed by atoms with E-state index in [-0.39, 0.29) is 0 Å². The molecule has 7 heteroatoms. The summed E-state index contributed by atoms with van der Waals surface area (Å²) < 4.78 is 12.0. The Morgan fingerprint density at radius 3 is 2.61 bits per heavy atom. The molecular formula is C24H23BrN2O4. The number of benzene rings is 2. The lowest BCUT2D eigenvalue weighted by Gasteiger charge is -2.18. The van der Waals surface area contributed by atoms with Crippen LogP contribution in [-0.2, 0) is 6.54 Å². The van der Waals surface area contributed by atoms with Crippen LogP contribution in [0.2, 0.25) is 0 Å². The van der Waals surface area contributed by atoms with E-state index in [1.807, 2.05) is 19.2 Å². The molecular weight excluding hydrogens is 460 g/mol. The summed E-state index contributed by atoms with van der Waals surface area (Å²) in [5, 5.41) is 1.40. The minimum Gasteiger partial charge on any atom is -0.422 e. The van der Waals surface area contributed by atoms with Crippen molar-refractivity contribution in [3.63, 3.8) is 0 Å². The van der Waals surface area contributed by atoms with Gasteiger partial charge in [-0.3, -0.25) is 0 Å². The third-order valence-electron chi connectivity index (χ3n) is 5.36. The van der Waals surface area contributed by atoms with Crippen LogP contribution in [0.15, 0.2) is 65.4 Å². The van der Waals surface area contributed by atoms with Gasteiger partial charge in [0.05, 0.1) is 5.56 Å². The molecule has 0 saturated heterocycles. The van der Waals surface area contributed by atoms with Crippen molar-refractivity contribution in [2.75, 3.05) is 19.3 Å². The van der Waals surface area contributed by atoms with Crippen molar-refractivity contribution in [1.82, 2.24) is 4.90 Å². The second kappa shape index (κ2) is 8.69. The first-order valence-corrected chi connectivity index (χ1v) is 10.9. The molecule has 2 aromatic heterocycles. The van der Waals surface area contributed by atoms with Gasteiger partial charge in [0.25, 0.3) is 0 Å². The molecule has 31 heavy (non-hydrogen) atoms. The molecule has 160 valence electrons. The Kier molecular flexibility index (Phi) is 5.98. The predicted octanol–water partition coefficient (Wildman–Crippen LogP) is 5.14. The van der Waals surface area contributed by atoms with E-state index in [2.05, 4.69) is 27.8 Å². The molecule has 4 rings (SSSR count). The van der Waals surface area contributed by atoms with Crippen molar-refractivity contribution in [2.24, 2.45) is 0 Å². The molecule has 0 bridgehead atoms. The van der Waals surface area contributed by atoms with E-state index < -0.39 is 11.3 Å². The Labute approximate surface area is 187 Å². The second-order valence-corrected chi connectivity index (χ2v) is 8.63. The molecule has 0 fully saturated rings. The molecule has 0 aliphatic rings. The zero-order valence-electron chi connectivity index (χ0n) is 17.4. The highest BCUT2D eigenvalue weighted by Gasteiger charge is 2.18. The number of nitrogens with two attached hydrogens (primary N) is 1. The van der Waals surface area contributed by atoms with E-state index in [1.165, 1.54) is 6.07 Å². The van der Waals surface area contributed by atoms with Crippen LogP contribution in [0, 0.1) is 0 Å². The summed E-state index contributed by atoms with van der Waals surface area (Å²) in [4.78, 5) is 27.4. The molecule has 0 amide bonds. The number of anilines is 1. The summed E-state index contributed by atoms with van der Waals surface area (Å²) >= 11 is 3.44. The standard InChI is InChI=1S/C24H23BrN2O4/c1-3-4-9-27(2)13-19-20(26)7-6-16-17(12-22(28)31-23(16)19)18-11-14-10-15(25)5-8-21(14)30-24(18)29/h5-8,10-12H,3-4,9,13,26H2,1-2H3. The van der Waals surface area contributed by atoms with E-state index in [9.17, 15) is 9.59 Å². The predicted molar refractivity (Wildman–Crippen MR) is 127 cm³/mol. The van der Waals surface area contributed by atoms with Crippen molar-refractivity contribution in [3.05, 3.63) is 73.3 Å². The number of nitrogens with zero attached hydrogens (tertiary/aromatic N) is 1. The monoisotopic (exact) mass is 482 g/mol. The summed E-state index contributed by atoms with van der Waals surface area (Å²) in [6.07, 6.45) is 2.15. The molecule has 4 aromatic rings. The smallest absolute Gasteiger partial charge is 0.344 e. The first-order chi connectivity index (χ1) is 14.9. The van der Waals surface area contributed by atoms with E-state index in [0.29, 0.717) is 39.9 Å². The van der Waals surface area contributed by atoms with Crippen LogP contribution in [0.1, 0.15) is 25.3 Å². The fourth-order valence-corrected chi connectivity index (χ4v) is 4.12. The lowest BCUT2D eigenvalue weighted by molar-refractivity contribution is 0.320. The highest BCUT2D eigenvalue weighted by atomic mass is 79.9. The molecule has 0 saturated carbocycles. The first kappa shape index (κ1) is 21.3. The zero-order chi connectivity index (χ0) is 22.1. The van der Waals surface area contributed by atoms with Crippen LogP contribution in [0.5, 0.6) is 0 Å². The van der Waals surface area contributed by atoms with Gasteiger partial charge in [-0.05, 0) is 56.4 Å². The molecule has 0 unspecified atom stereocenters. The number of unbranched alkanes of at least 4 members (excludes halogenated alkanes) is 1. The molecule has 0 aliphatic heterocycles. The van der Waals surface area contributed by atoms with Crippen molar-refractivity contribution in [2.45, 2.75) is 26.3 Å². The number of nitrogen functional groups attached to an aromatic ring is 1. The normalized spacial score (nSPS) is 11.6. The fourth-order valence-electron chi connectivity index (χ4n) is 3.74. The second-order valence-electron chi connectivity index (χ2n) is 7.71. The summed E-state index contributed by atoms with van der Waals surface area (Å²) in [7, 11) is 2.01. The van der Waals surface area contributed by atoms with E-state index in [4.69, 9.17) is 14.6 Å². The Balaban J connectivity index is 1.93. The van der Waals surface area contributed by atoms with E-state index in [0.717, 1.165) is 34.8 Å². The quantitative estimate of drug-likeness (QED) is 0.302. The average Bonchev–Trinajstić information content (AvgIpc) is 2.73. The highest BCUT2D eigenvalue weighted by molar-refractivity contribution is 9.10. The zero-order valence-corrected chi connectivity index (χ0v) is 19.0. The van der Waals surface area contributed by atoms with Crippen LogP contribution in [0.25, 0.3) is 33.1 Å². The third kappa shape index (κ3) is 4.29. The van der Waals surface area contributed by atoms with Gasteiger partial charge in [0.15, 0.2) is 0 Å². The average molecular weight is 483 g/mol. The molecule has 2 heterocycles.